The first-order valence-corrected chi connectivity index (χ1v) is 11.5. The molecule has 4 heterocycles. The van der Waals surface area contributed by atoms with E-state index in [0.29, 0.717) is 55.5 Å². The summed E-state index contributed by atoms with van der Waals surface area (Å²) in [5.41, 5.74) is 2.68. The second-order valence-electron chi connectivity index (χ2n) is 8.81. The molecule has 0 unspecified atom stereocenters. The van der Waals surface area contributed by atoms with Crippen molar-refractivity contribution in [1.29, 1.82) is 0 Å². The summed E-state index contributed by atoms with van der Waals surface area (Å²) in [5.74, 6) is -0.0515. The van der Waals surface area contributed by atoms with Crippen LogP contribution in [0.5, 0.6) is 5.75 Å². The van der Waals surface area contributed by atoms with E-state index in [-0.39, 0.29) is 30.2 Å². The molecule has 1 amide bonds. The number of hydrogen-bond acceptors (Lipinski definition) is 8. The minimum atomic E-state index is -0.511. The molecule has 1 aromatic carbocycles. The first-order valence-electron chi connectivity index (χ1n) is 11.5. The molecular formula is C24H25FN8O3. The first kappa shape index (κ1) is 23.8. The van der Waals surface area contributed by atoms with E-state index >= 15 is 0 Å². The van der Waals surface area contributed by atoms with Gasteiger partial charge < -0.3 is 14.4 Å². The summed E-state index contributed by atoms with van der Waals surface area (Å²) in [4.78, 5) is 25.0. The van der Waals surface area contributed by atoms with Crippen LogP contribution in [0.25, 0.3) is 10.5 Å². The van der Waals surface area contributed by atoms with Crippen molar-refractivity contribution in [3.63, 3.8) is 0 Å². The van der Waals surface area contributed by atoms with Crippen molar-refractivity contribution in [2.75, 3.05) is 39.9 Å². The number of carbonyl (C=O) groups is 1. The van der Waals surface area contributed by atoms with E-state index in [1.54, 1.807) is 25.3 Å². The molecule has 3 aromatic rings. The van der Waals surface area contributed by atoms with E-state index in [4.69, 9.17) is 16.0 Å². The average molecular weight is 493 g/mol. The smallest absolute Gasteiger partial charge is 0.228 e. The Morgan fingerprint density at radius 3 is 2.94 bits per heavy atom. The molecule has 2 aliphatic heterocycles. The summed E-state index contributed by atoms with van der Waals surface area (Å²) in [5, 5.41) is 11.1. The Kier molecular flexibility index (Phi) is 6.58. The molecule has 12 heteroatoms. The van der Waals surface area contributed by atoms with Gasteiger partial charge in [0.05, 0.1) is 56.4 Å². The lowest BCUT2D eigenvalue weighted by atomic mass is 9.98. The van der Waals surface area contributed by atoms with Gasteiger partial charge in [-0.15, -0.1) is 5.10 Å². The number of amides is 1. The van der Waals surface area contributed by atoms with Crippen LogP contribution in [0.1, 0.15) is 22.9 Å². The molecule has 186 valence electrons. The Morgan fingerprint density at radius 1 is 1.33 bits per heavy atom. The van der Waals surface area contributed by atoms with Gasteiger partial charge in [-0.05, 0) is 34.5 Å². The van der Waals surface area contributed by atoms with Crippen LogP contribution >= 0.6 is 0 Å². The summed E-state index contributed by atoms with van der Waals surface area (Å²) >= 11 is 0. The predicted octanol–water partition coefficient (Wildman–Crippen LogP) is 1.89. The molecule has 0 N–H and O–H groups in total. The van der Waals surface area contributed by atoms with Crippen molar-refractivity contribution in [3.05, 3.63) is 64.8 Å². The highest BCUT2D eigenvalue weighted by Gasteiger charge is 2.36. The molecule has 2 aliphatic rings. The topological polar surface area (TPSA) is 103 Å². The highest BCUT2D eigenvalue weighted by molar-refractivity contribution is 5.79. The number of pyridine rings is 1. The summed E-state index contributed by atoms with van der Waals surface area (Å²) in [6.45, 7) is 11.9. The van der Waals surface area contributed by atoms with E-state index in [1.807, 2.05) is 4.90 Å². The molecule has 11 nitrogen and oxygen atoms in total. The number of morpholine rings is 1. The number of nitrogens with zero attached hydrogens (tertiary/aromatic N) is 8. The number of carbonyl (C=O) groups excluding carboxylic acids is 1. The molecule has 36 heavy (non-hydrogen) atoms. The number of methoxy groups -OCH3 is 1. The number of aromatic nitrogens is 5. The van der Waals surface area contributed by atoms with Gasteiger partial charge in [0, 0.05) is 32.2 Å². The molecule has 0 spiro atoms. The molecule has 0 radical (unpaired) electrons. The van der Waals surface area contributed by atoms with Crippen molar-refractivity contribution in [3.8, 4) is 11.4 Å². The first-order chi connectivity index (χ1) is 17.5. The lowest BCUT2D eigenvalue weighted by molar-refractivity contribution is -0.139. The van der Waals surface area contributed by atoms with E-state index in [1.165, 1.54) is 24.2 Å². The van der Waals surface area contributed by atoms with Crippen LogP contribution < -0.4 is 4.74 Å². The van der Waals surface area contributed by atoms with Gasteiger partial charge >= 0.3 is 0 Å². The molecule has 0 bridgehead atoms. The number of hydrogen-bond donors (Lipinski definition) is 0. The maximum Gasteiger partial charge on any atom is 0.228 e. The largest absolute Gasteiger partial charge is 0.495 e. The van der Waals surface area contributed by atoms with Crippen LogP contribution in [0.4, 0.5) is 10.1 Å². The van der Waals surface area contributed by atoms with Gasteiger partial charge in [0.15, 0.2) is 0 Å². The summed E-state index contributed by atoms with van der Waals surface area (Å²) in [7, 11) is 1.53. The second-order valence-corrected chi connectivity index (χ2v) is 8.81. The van der Waals surface area contributed by atoms with Crippen LogP contribution in [0.3, 0.4) is 0 Å². The van der Waals surface area contributed by atoms with Crippen LogP contribution in [0, 0.1) is 19.3 Å². The molecular weight excluding hydrogens is 467 g/mol. The number of halogens is 1. The third kappa shape index (κ3) is 4.50. The van der Waals surface area contributed by atoms with Gasteiger partial charge in [0.2, 0.25) is 11.6 Å². The second kappa shape index (κ2) is 9.96. The minimum absolute atomic E-state index is 0.0335. The predicted molar refractivity (Wildman–Crippen MR) is 125 cm³/mol. The van der Waals surface area contributed by atoms with Crippen LogP contribution in [0.2, 0.25) is 0 Å². The average Bonchev–Trinajstić information content (AvgIpc) is 3.44. The Morgan fingerprint density at radius 2 is 2.19 bits per heavy atom. The van der Waals surface area contributed by atoms with Gasteiger partial charge in [-0.2, -0.15) is 4.68 Å². The summed E-state index contributed by atoms with van der Waals surface area (Å²) < 4.78 is 27.0. The Hall–Kier alpha value is -3.95. The van der Waals surface area contributed by atoms with Crippen LogP contribution in [-0.2, 0) is 16.0 Å². The minimum Gasteiger partial charge on any atom is -0.495 e. The van der Waals surface area contributed by atoms with Crippen molar-refractivity contribution >= 4 is 11.6 Å². The van der Waals surface area contributed by atoms with E-state index < -0.39 is 5.82 Å². The normalized spacial score (nSPS) is 20.0. The number of piperazine rings is 1. The van der Waals surface area contributed by atoms with Gasteiger partial charge in [-0.3, -0.25) is 14.7 Å². The van der Waals surface area contributed by atoms with Gasteiger partial charge in [-0.25, -0.2) is 9.24 Å². The molecule has 2 atom stereocenters. The number of rotatable bonds is 5. The van der Waals surface area contributed by atoms with Crippen molar-refractivity contribution < 1.29 is 18.7 Å². The van der Waals surface area contributed by atoms with Gasteiger partial charge in [0.25, 0.3) is 0 Å². The molecule has 2 aromatic heterocycles. The zero-order valence-corrected chi connectivity index (χ0v) is 20.0. The fraction of sp³-hybridized carbons (Fsp3) is 0.417. The summed E-state index contributed by atoms with van der Waals surface area (Å²) in [6, 6.07) is 4.85. The third-order valence-corrected chi connectivity index (χ3v) is 6.80. The Labute approximate surface area is 207 Å². The fourth-order valence-electron chi connectivity index (χ4n) is 4.80. The maximum atomic E-state index is 13.9. The summed E-state index contributed by atoms with van der Waals surface area (Å²) in [6.07, 6.45) is 2.93. The number of benzene rings is 1. The number of fused-ring (bicyclic) bond motifs is 1. The monoisotopic (exact) mass is 492 g/mol. The van der Waals surface area contributed by atoms with Crippen molar-refractivity contribution in [1.82, 2.24) is 35.0 Å². The van der Waals surface area contributed by atoms with Crippen LogP contribution in [-0.4, -0.2) is 86.8 Å². The fourth-order valence-corrected chi connectivity index (χ4v) is 4.80. The van der Waals surface area contributed by atoms with Crippen LogP contribution in [0.15, 0.2) is 30.7 Å². The van der Waals surface area contributed by atoms with Gasteiger partial charge in [0.1, 0.15) is 17.9 Å². The Bertz CT molecular complexity index is 1310. The molecule has 0 aliphatic carbocycles. The molecule has 2 saturated heterocycles. The zero-order valence-electron chi connectivity index (χ0n) is 20.0. The van der Waals surface area contributed by atoms with E-state index in [9.17, 15) is 9.18 Å². The van der Waals surface area contributed by atoms with Crippen molar-refractivity contribution in [2.24, 2.45) is 0 Å². The lowest BCUT2D eigenvalue weighted by Crippen LogP contribution is -2.59. The molecule has 0 saturated carbocycles. The highest BCUT2D eigenvalue weighted by atomic mass is 19.1. The highest BCUT2D eigenvalue weighted by Crippen LogP contribution is 2.34. The van der Waals surface area contributed by atoms with Gasteiger partial charge in [-0.1, -0.05) is 6.07 Å². The van der Waals surface area contributed by atoms with Crippen molar-refractivity contribution in [2.45, 2.75) is 25.5 Å². The quantitative estimate of drug-likeness (QED) is 0.498. The van der Waals surface area contributed by atoms with E-state index in [2.05, 4.69) is 30.3 Å². The maximum absolute atomic E-state index is 13.9. The zero-order chi connectivity index (χ0) is 25.2. The SMILES string of the molecule is [C-]#[N+]c1c(F)ccc([C@@H]2CN3CCN(C(=O)Cc4ncc(-n5cnnn5)cc4OC)C[C@@H]3CO2)c1C. The third-order valence-electron chi connectivity index (χ3n) is 6.80. The Balaban J connectivity index is 1.23. The standard InChI is InChI=1S/C24H25FN8O3/c1-15-18(4-5-19(25)24(15)26-2)22-12-31-6-7-32(11-17(31)13-36-22)23(34)9-20-21(35-3)8-16(10-27-20)33-14-28-29-30-33/h4-5,8,10,14,17,22H,6-7,9,11-13H2,1,3H3/t17-,22+/m1/s1. The lowest BCUT2D eigenvalue weighted by Gasteiger charge is -2.46. The number of tetrazole rings is 1. The number of ether oxygens (including phenoxy) is 2. The van der Waals surface area contributed by atoms with E-state index in [0.717, 1.165) is 5.56 Å². The molecule has 5 rings (SSSR count). The molecule has 2 fully saturated rings.